The molecule has 3 heteroatoms. The number of nitrogens with two attached hydrogens (primary N) is 1. The fourth-order valence-corrected chi connectivity index (χ4v) is 2.30. The summed E-state index contributed by atoms with van der Waals surface area (Å²) in [6.07, 6.45) is 1.79. The monoisotopic (exact) mass is 254 g/mol. The van der Waals surface area contributed by atoms with Crippen LogP contribution in [0.1, 0.15) is 0 Å². The number of benzene rings is 2. The maximum Gasteiger partial charge on any atom is 0.0708 e. The number of aromatic nitrogens is 1. The first-order valence-corrected chi connectivity index (χ1v) is 6.02. The van der Waals surface area contributed by atoms with Crippen molar-refractivity contribution in [3.63, 3.8) is 0 Å². The van der Waals surface area contributed by atoms with E-state index in [9.17, 15) is 0 Å². The van der Waals surface area contributed by atoms with Crippen LogP contribution in [0.15, 0.2) is 54.7 Å². The molecule has 0 atom stereocenters. The average molecular weight is 255 g/mol. The summed E-state index contributed by atoms with van der Waals surface area (Å²) < 4.78 is 0. The molecule has 2 aromatic carbocycles. The van der Waals surface area contributed by atoms with Gasteiger partial charge in [-0.05, 0) is 29.8 Å². The molecule has 3 rings (SSSR count). The zero-order chi connectivity index (χ0) is 12.5. The summed E-state index contributed by atoms with van der Waals surface area (Å²) in [5.41, 5.74) is 9.35. The molecule has 3 aromatic rings. The maximum atomic E-state index is 6.21. The van der Waals surface area contributed by atoms with Crippen molar-refractivity contribution < 1.29 is 0 Å². The minimum Gasteiger partial charge on any atom is -0.399 e. The lowest BCUT2D eigenvalue weighted by atomic mass is 10.0. The van der Waals surface area contributed by atoms with E-state index in [1.54, 1.807) is 12.3 Å². The van der Waals surface area contributed by atoms with Gasteiger partial charge in [-0.2, -0.15) is 0 Å². The number of rotatable bonds is 1. The number of hydrogen-bond acceptors (Lipinski definition) is 2. The number of nitrogen functional groups attached to an aromatic ring is 1. The Morgan fingerprint density at radius 1 is 1.00 bits per heavy atom. The van der Waals surface area contributed by atoms with E-state index in [0.717, 1.165) is 22.0 Å². The van der Waals surface area contributed by atoms with E-state index in [4.69, 9.17) is 17.3 Å². The molecule has 0 radical (unpaired) electrons. The summed E-state index contributed by atoms with van der Waals surface area (Å²) in [5, 5.41) is 1.78. The highest BCUT2D eigenvalue weighted by Gasteiger charge is 2.05. The molecule has 0 fully saturated rings. The molecule has 0 saturated carbocycles. The van der Waals surface area contributed by atoms with Crippen molar-refractivity contribution >= 4 is 28.2 Å². The van der Waals surface area contributed by atoms with Crippen molar-refractivity contribution in [1.82, 2.24) is 4.98 Å². The molecule has 2 N–H and O–H groups in total. The third-order valence-corrected chi connectivity index (χ3v) is 3.22. The highest BCUT2D eigenvalue weighted by Crippen LogP contribution is 2.31. The number of nitrogens with zero attached hydrogens (tertiary/aromatic N) is 1. The number of anilines is 1. The normalized spacial score (nSPS) is 10.7. The van der Waals surface area contributed by atoms with Crippen molar-refractivity contribution in [1.29, 1.82) is 0 Å². The Morgan fingerprint density at radius 2 is 1.89 bits per heavy atom. The fraction of sp³-hybridized carbons (Fsp3) is 0. The smallest absolute Gasteiger partial charge is 0.0708 e. The van der Waals surface area contributed by atoms with Crippen LogP contribution >= 0.6 is 11.6 Å². The van der Waals surface area contributed by atoms with E-state index in [1.165, 1.54) is 0 Å². The van der Waals surface area contributed by atoms with Gasteiger partial charge in [0.05, 0.1) is 10.5 Å². The van der Waals surface area contributed by atoms with Crippen LogP contribution in [0.4, 0.5) is 5.69 Å². The van der Waals surface area contributed by atoms with Crippen LogP contribution in [0.3, 0.4) is 0 Å². The topological polar surface area (TPSA) is 38.9 Å². The van der Waals surface area contributed by atoms with Crippen molar-refractivity contribution in [2.24, 2.45) is 0 Å². The van der Waals surface area contributed by atoms with Gasteiger partial charge in [0.25, 0.3) is 0 Å². The Kier molecular flexibility index (Phi) is 2.65. The maximum absolute atomic E-state index is 6.21. The Balaban J connectivity index is 2.19. The second kappa shape index (κ2) is 4.31. The van der Waals surface area contributed by atoms with Gasteiger partial charge in [0.1, 0.15) is 0 Å². The number of pyridine rings is 1. The van der Waals surface area contributed by atoms with Crippen molar-refractivity contribution in [2.75, 3.05) is 5.73 Å². The molecular formula is C15H11ClN2. The Labute approximate surface area is 110 Å². The van der Waals surface area contributed by atoms with Gasteiger partial charge >= 0.3 is 0 Å². The molecule has 1 aromatic heterocycles. The molecule has 0 spiro atoms. The lowest BCUT2D eigenvalue weighted by Crippen LogP contribution is -1.86. The van der Waals surface area contributed by atoms with Crippen molar-refractivity contribution in [3.8, 4) is 11.1 Å². The number of hydrogen-bond donors (Lipinski definition) is 1. The van der Waals surface area contributed by atoms with E-state index < -0.39 is 0 Å². The second-order valence-electron chi connectivity index (χ2n) is 4.15. The summed E-state index contributed by atoms with van der Waals surface area (Å²) in [5.74, 6) is 0. The zero-order valence-electron chi connectivity index (χ0n) is 9.60. The van der Waals surface area contributed by atoms with Gasteiger partial charge in [-0.3, -0.25) is 4.98 Å². The SMILES string of the molecule is Nc1ccc(-c2ccc3cccnc3c2)c(Cl)c1. The molecule has 0 aliphatic rings. The standard InChI is InChI=1S/C15H11ClN2/c16-14-9-12(17)5-6-13(14)11-4-3-10-2-1-7-18-15(10)8-11/h1-9H,17H2. The summed E-state index contributed by atoms with van der Waals surface area (Å²) in [6, 6.07) is 15.6. The van der Waals surface area contributed by atoms with Gasteiger partial charge in [-0.15, -0.1) is 0 Å². The molecule has 0 amide bonds. The summed E-state index contributed by atoms with van der Waals surface area (Å²) in [6.45, 7) is 0. The molecular weight excluding hydrogens is 244 g/mol. The molecule has 18 heavy (non-hydrogen) atoms. The van der Waals surface area contributed by atoms with Gasteiger partial charge in [0.15, 0.2) is 0 Å². The van der Waals surface area contributed by atoms with E-state index in [2.05, 4.69) is 4.98 Å². The van der Waals surface area contributed by atoms with Crippen LogP contribution in [0.2, 0.25) is 5.02 Å². The van der Waals surface area contributed by atoms with E-state index >= 15 is 0 Å². The summed E-state index contributed by atoms with van der Waals surface area (Å²) >= 11 is 6.21. The third kappa shape index (κ3) is 1.91. The molecule has 0 saturated heterocycles. The van der Waals surface area contributed by atoms with Gasteiger partial charge in [-0.25, -0.2) is 0 Å². The van der Waals surface area contributed by atoms with Crippen LogP contribution in [0.5, 0.6) is 0 Å². The van der Waals surface area contributed by atoms with Gasteiger partial charge < -0.3 is 5.73 Å². The first-order valence-electron chi connectivity index (χ1n) is 5.64. The Hall–Kier alpha value is -2.06. The molecule has 0 bridgehead atoms. The van der Waals surface area contributed by atoms with E-state index in [1.807, 2.05) is 42.5 Å². The highest BCUT2D eigenvalue weighted by molar-refractivity contribution is 6.33. The molecule has 0 aliphatic carbocycles. The average Bonchev–Trinajstić information content (AvgIpc) is 2.38. The van der Waals surface area contributed by atoms with Crippen molar-refractivity contribution in [3.05, 3.63) is 59.8 Å². The molecule has 0 aliphatic heterocycles. The lowest BCUT2D eigenvalue weighted by molar-refractivity contribution is 1.41. The zero-order valence-corrected chi connectivity index (χ0v) is 10.4. The van der Waals surface area contributed by atoms with Crippen LogP contribution in [0, 0.1) is 0 Å². The quantitative estimate of drug-likeness (QED) is 0.663. The summed E-state index contributed by atoms with van der Waals surface area (Å²) in [4.78, 5) is 4.35. The minimum atomic E-state index is 0.658. The largest absolute Gasteiger partial charge is 0.399 e. The number of fused-ring (bicyclic) bond motifs is 1. The van der Waals surface area contributed by atoms with E-state index in [0.29, 0.717) is 10.7 Å². The van der Waals surface area contributed by atoms with Crippen LogP contribution in [-0.2, 0) is 0 Å². The Bertz CT molecular complexity index is 723. The number of halogens is 1. The lowest BCUT2D eigenvalue weighted by Gasteiger charge is -2.06. The Morgan fingerprint density at radius 3 is 2.72 bits per heavy atom. The van der Waals surface area contributed by atoms with Crippen LogP contribution in [-0.4, -0.2) is 4.98 Å². The second-order valence-corrected chi connectivity index (χ2v) is 4.56. The van der Waals surface area contributed by atoms with E-state index in [-0.39, 0.29) is 0 Å². The van der Waals surface area contributed by atoms with Gasteiger partial charge in [-0.1, -0.05) is 35.9 Å². The minimum absolute atomic E-state index is 0.658. The molecule has 1 heterocycles. The first kappa shape index (κ1) is 11.1. The molecule has 2 nitrogen and oxygen atoms in total. The fourth-order valence-electron chi connectivity index (χ4n) is 2.00. The third-order valence-electron chi connectivity index (χ3n) is 2.91. The molecule has 88 valence electrons. The van der Waals surface area contributed by atoms with Crippen LogP contribution < -0.4 is 5.73 Å². The molecule has 0 unspecified atom stereocenters. The predicted molar refractivity (Wildman–Crippen MR) is 76.6 cm³/mol. The predicted octanol–water partition coefficient (Wildman–Crippen LogP) is 4.14. The van der Waals surface area contributed by atoms with Gasteiger partial charge in [0, 0.05) is 22.8 Å². The highest BCUT2D eigenvalue weighted by atomic mass is 35.5. The van der Waals surface area contributed by atoms with Crippen LogP contribution in [0.25, 0.3) is 22.0 Å². The summed E-state index contributed by atoms with van der Waals surface area (Å²) in [7, 11) is 0. The first-order chi connectivity index (χ1) is 8.74. The van der Waals surface area contributed by atoms with Gasteiger partial charge in [0.2, 0.25) is 0 Å². The van der Waals surface area contributed by atoms with Crippen molar-refractivity contribution in [2.45, 2.75) is 0 Å².